The Morgan fingerprint density at radius 2 is 1.46 bits per heavy atom. The van der Waals surface area contributed by atoms with E-state index in [2.05, 4.69) is 75.6 Å². The van der Waals surface area contributed by atoms with Crippen molar-refractivity contribution in [2.45, 2.75) is 59.2 Å². The quantitative estimate of drug-likeness (QED) is 0.694. The third-order valence-corrected chi connectivity index (χ3v) is 4.91. The molecule has 0 saturated carbocycles. The second kappa shape index (κ2) is 9.20. The van der Waals surface area contributed by atoms with Crippen LogP contribution in [0.4, 0.5) is 5.69 Å². The Labute approximate surface area is 160 Å². The summed E-state index contributed by atoms with van der Waals surface area (Å²) in [6, 6.07) is 8.86. The molecule has 4 nitrogen and oxygen atoms in total. The van der Waals surface area contributed by atoms with Gasteiger partial charge < -0.3 is 14.4 Å². The van der Waals surface area contributed by atoms with Crippen LogP contribution in [0.5, 0.6) is 0 Å². The highest BCUT2D eigenvalue weighted by atomic mass is 16.5. The van der Waals surface area contributed by atoms with Gasteiger partial charge in [-0.2, -0.15) is 0 Å². The lowest BCUT2D eigenvalue weighted by Gasteiger charge is -2.36. The van der Waals surface area contributed by atoms with Gasteiger partial charge in [0.05, 0.1) is 17.8 Å². The zero-order valence-corrected chi connectivity index (χ0v) is 17.7. The second-order valence-corrected chi connectivity index (χ2v) is 8.98. The Balaban J connectivity index is 1.64. The number of ether oxygens (including phenoxy) is 2. The number of rotatable bonds is 8. The van der Waals surface area contributed by atoms with Crippen molar-refractivity contribution in [1.29, 1.82) is 0 Å². The molecule has 1 fully saturated rings. The molecule has 0 aliphatic carbocycles. The number of aryl methyl sites for hydroxylation is 1. The maximum absolute atomic E-state index is 6.14. The van der Waals surface area contributed by atoms with E-state index in [1.807, 2.05) is 0 Å². The van der Waals surface area contributed by atoms with Crippen molar-refractivity contribution in [3.63, 3.8) is 0 Å². The summed E-state index contributed by atoms with van der Waals surface area (Å²) >= 11 is 0. The van der Waals surface area contributed by atoms with Crippen LogP contribution in [0.15, 0.2) is 24.3 Å². The van der Waals surface area contributed by atoms with Crippen LogP contribution in [-0.4, -0.2) is 62.0 Å². The highest BCUT2D eigenvalue weighted by Crippen LogP contribution is 2.19. The Kier molecular flexibility index (Phi) is 7.51. The topological polar surface area (TPSA) is 24.9 Å². The first-order valence-electron chi connectivity index (χ1n) is 9.97. The first-order chi connectivity index (χ1) is 12.1. The monoisotopic (exact) mass is 362 g/mol. The fourth-order valence-electron chi connectivity index (χ4n) is 3.11. The molecule has 26 heavy (non-hydrogen) atoms. The molecule has 0 unspecified atom stereocenters. The van der Waals surface area contributed by atoms with Gasteiger partial charge in [-0.25, -0.2) is 0 Å². The van der Waals surface area contributed by atoms with Crippen LogP contribution in [0.3, 0.4) is 0 Å². The summed E-state index contributed by atoms with van der Waals surface area (Å²) in [5.41, 5.74) is 2.45. The molecule has 4 heteroatoms. The maximum Gasteiger partial charge on any atom is 0.0649 e. The molecule has 0 amide bonds. The predicted octanol–water partition coefficient (Wildman–Crippen LogP) is 4.12. The predicted molar refractivity (Wildman–Crippen MR) is 110 cm³/mol. The molecule has 0 N–H and O–H groups in total. The summed E-state index contributed by atoms with van der Waals surface area (Å²) in [6.07, 6.45) is 0.922. The number of hydrogen-bond acceptors (Lipinski definition) is 4. The average Bonchev–Trinajstić information content (AvgIpc) is 2.55. The molecule has 0 spiro atoms. The summed E-state index contributed by atoms with van der Waals surface area (Å²) < 4.78 is 12.0. The zero-order chi connectivity index (χ0) is 19.2. The Morgan fingerprint density at radius 1 is 0.846 bits per heavy atom. The van der Waals surface area contributed by atoms with E-state index in [9.17, 15) is 0 Å². The second-order valence-electron chi connectivity index (χ2n) is 8.98. The molecule has 1 aromatic carbocycles. The standard InChI is InChI=1S/C22H38N2O2/c1-19-7-9-20(10-8-19)24-14-12-23(13-15-24)16-18-26-22(5,6)11-17-25-21(2,3)4/h7-10H,11-18H2,1-6H3. The van der Waals surface area contributed by atoms with Crippen LogP contribution in [0, 0.1) is 6.92 Å². The van der Waals surface area contributed by atoms with Gasteiger partial charge in [0.15, 0.2) is 0 Å². The van der Waals surface area contributed by atoms with Crippen LogP contribution in [0.2, 0.25) is 0 Å². The van der Waals surface area contributed by atoms with Crippen molar-refractivity contribution >= 4 is 5.69 Å². The molecule has 1 aliphatic heterocycles. The van der Waals surface area contributed by atoms with E-state index in [0.717, 1.165) is 52.4 Å². The summed E-state index contributed by atoms with van der Waals surface area (Å²) in [7, 11) is 0. The molecule has 1 aliphatic rings. The summed E-state index contributed by atoms with van der Waals surface area (Å²) in [6.45, 7) is 19.7. The highest BCUT2D eigenvalue weighted by molar-refractivity contribution is 5.47. The van der Waals surface area contributed by atoms with Gasteiger partial charge in [-0.15, -0.1) is 0 Å². The molecule has 0 aromatic heterocycles. The number of nitrogens with zero attached hydrogens (tertiary/aromatic N) is 2. The number of hydrogen-bond donors (Lipinski definition) is 0. The van der Waals surface area contributed by atoms with Crippen molar-refractivity contribution in [2.75, 3.05) is 50.8 Å². The van der Waals surface area contributed by atoms with E-state index < -0.39 is 0 Å². The van der Waals surface area contributed by atoms with Crippen molar-refractivity contribution in [3.8, 4) is 0 Å². The van der Waals surface area contributed by atoms with Crippen molar-refractivity contribution < 1.29 is 9.47 Å². The molecular formula is C22H38N2O2. The van der Waals surface area contributed by atoms with Gasteiger partial charge in [0.25, 0.3) is 0 Å². The molecule has 1 heterocycles. The maximum atomic E-state index is 6.14. The molecule has 1 aromatic rings. The highest BCUT2D eigenvalue weighted by Gasteiger charge is 2.22. The van der Waals surface area contributed by atoms with Crippen LogP contribution < -0.4 is 4.90 Å². The van der Waals surface area contributed by atoms with Gasteiger partial charge in [0, 0.05) is 45.0 Å². The average molecular weight is 363 g/mol. The lowest BCUT2D eigenvalue weighted by Crippen LogP contribution is -2.47. The van der Waals surface area contributed by atoms with Gasteiger partial charge >= 0.3 is 0 Å². The number of piperazine rings is 1. The van der Waals surface area contributed by atoms with Gasteiger partial charge in [-0.05, 0) is 60.1 Å². The van der Waals surface area contributed by atoms with E-state index in [0.29, 0.717) is 0 Å². The van der Waals surface area contributed by atoms with E-state index in [4.69, 9.17) is 9.47 Å². The van der Waals surface area contributed by atoms with Crippen molar-refractivity contribution in [2.24, 2.45) is 0 Å². The molecule has 2 rings (SSSR count). The number of benzene rings is 1. The summed E-state index contributed by atoms with van der Waals surface area (Å²) in [5.74, 6) is 0. The lowest BCUT2D eigenvalue weighted by atomic mass is 10.1. The largest absolute Gasteiger partial charge is 0.376 e. The third kappa shape index (κ3) is 7.65. The lowest BCUT2D eigenvalue weighted by molar-refractivity contribution is -0.0701. The molecular weight excluding hydrogens is 324 g/mol. The SMILES string of the molecule is Cc1ccc(N2CCN(CCOC(C)(C)CCOC(C)(C)C)CC2)cc1. The Bertz CT molecular complexity index is 526. The van der Waals surface area contributed by atoms with Crippen molar-refractivity contribution in [1.82, 2.24) is 4.90 Å². The molecule has 1 saturated heterocycles. The molecule has 148 valence electrons. The van der Waals surface area contributed by atoms with Gasteiger partial charge in [0.1, 0.15) is 0 Å². The van der Waals surface area contributed by atoms with Crippen LogP contribution in [0.25, 0.3) is 0 Å². The first kappa shape index (κ1) is 21.2. The summed E-state index contributed by atoms with van der Waals surface area (Å²) in [4.78, 5) is 4.98. The first-order valence-corrected chi connectivity index (χ1v) is 9.97. The fraction of sp³-hybridized carbons (Fsp3) is 0.727. The van der Waals surface area contributed by atoms with Crippen LogP contribution >= 0.6 is 0 Å². The molecule has 0 atom stereocenters. The Morgan fingerprint density at radius 3 is 2.04 bits per heavy atom. The van der Waals surface area contributed by atoms with Crippen molar-refractivity contribution in [3.05, 3.63) is 29.8 Å². The van der Waals surface area contributed by atoms with E-state index >= 15 is 0 Å². The van der Waals surface area contributed by atoms with E-state index in [1.54, 1.807) is 0 Å². The smallest absolute Gasteiger partial charge is 0.0649 e. The Hall–Kier alpha value is -1.10. The van der Waals surface area contributed by atoms with Crippen LogP contribution in [-0.2, 0) is 9.47 Å². The fourth-order valence-corrected chi connectivity index (χ4v) is 3.11. The number of anilines is 1. The molecule has 0 bridgehead atoms. The zero-order valence-electron chi connectivity index (χ0n) is 17.7. The van der Waals surface area contributed by atoms with E-state index in [-0.39, 0.29) is 11.2 Å². The van der Waals surface area contributed by atoms with Gasteiger partial charge in [-0.1, -0.05) is 17.7 Å². The minimum atomic E-state index is -0.130. The minimum Gasteiger partial charge on any atom is -0.376 e. The van der Waals surface area contributed by atoms with Gasteiger partial charge in [0.2, 0.25) is 0 Å². The normalized spacial score (nSPS) is 16.9. The van der Waals surface area contributed by atoms with Crippen LogP contribution in [0.1, 0.15) is 46.6 Å². The summed E-state index contributed by atoms with van der Waals surface area (Å²) in [5, 5.41) is 0. The minimum absolute atomic E-state index is 0.0762. The third-order valence-electron chi connectivity index (χ3n) is 4.91. The van der Waals surface area contributed by atoms with E-state index in [1.165, 1.54) is 11.3 Å². The van der Waals surface area contributed by atoms with Gasteiger partial charge in [-0.3, -0.25) is 4.90 Å². The molecule has 0 radical (unpaired) electrons.